The van der Waals surface area contributed by atoms with E-state index >= 15 is 0 Å². The number of aromatic carboxylic acids is 1. The first kappa shape index (κ1) is 15.5. The maximum absolute atomic E-state index is 12.3. The average Bonchev–Trinajstić information content (AvgIpc) is 2.47. The Morgan fingerprint density at radius 2 is 1.86 bits per heavy atom. The molecule has 0 aliphatic carbocycles. The lowest BCUT2D eigenvalue weighted by molar-refractivity contribution is -0.135. The number of likely N-dealkylation sites (tertiary alicyclic amines) is 1. The standard InChI is InChI=1S/C17H23NO3/c1-12-3-4-13(2)18(11-12)16(19)10-7-14-5-8-15(9-6-14)17(20)21/h5-6,8-9,12-13H,3-4,7,10-11H2,1-2H3,(H,20,21)/t12-,13-/m1/s1. The highest BCUT2D eigenvalue weighted by molar-refractivity contribution is 5.87. The van der Waals surface area contributed by atoms with Crippen molar-refractivity contribution >= 4 is 11.9 Å². The first-order chi connectivity index (χ1) is 9.97. The number of aryl methyl sites for hydroxylation is 1. The number of carboxylic acid groups (broad SMARTS) is 1. The van der Waals surface area contributed by atoms with E-state index in [0.29, 0.717) is 24.8 Å². The van der Waals surface area contributed by atoms with Gasteiger partial charge in [-0.2, -0.15) is 0 Å². The normalized spacial score (nSPS) is 22.1. The van der Waals surface area contributed by atoms with Gasteiger partial charge < -0.3 is 10.0 Å². The van der Waals surface area contributed by atoms with Gasteiger partial charge in [-0.15, -0.1) is 0 Å². The number of piperidine rings is 1. The van der Waals surface area contributed by atoms with Gasteiger partial charge in [-0.1, -0.05) is 19.1 Å². The molecule has 0 spiro atoms. The van der Waals surface area contributed by atoms with Gasteiger partial charge in [-0.05, 0) is 49.8 Å². The van der Waals surface area contributed by atoms with E-state index in [9.17, 15) is 9.59 Å². The quantitative estimate of drug-likeness (QED) is 0.927. The first-order valence-corrected chi connectivity index (χ1v) is 7.59. The van der Waals surface area contributed by atoms with Crippen LogP contribution in [0, 0.1) is 5.92 Å². The van der Waals surface area contributed by atoms with Crippen LogP contribution >= 0.6 is 0 Å². The van der Waals surface area contributed by atoms with E-state index in [1.807, 2.05) is 4.90 Å². The SMILES string of the molecule is C[C@@H]1CC[C@@H](C)N(C(=O)CCc2ccc(C(=O)O)cc2)C1. The minimum absolute atomic E-state index is 0.205. The maximum atomic E-state index is 12.3. The molecule has 0 aromatic heterocycles. The van der Waals surface area contributed by atoms with E-state index < -0.39 is 5.97 Å². The van der Waals surface area contributed by atoms with Gasteiger partial charge in [-0.3, -0.25) is 4.79 Å². The molecule has 2 atom stereocenters. The van der Waals surface area contributed by atoms with Gasteiger partial charge in [0.1, 0.15) is 0 Å². The number of hydrogen-bond donors (Lipinski definition) is 1. The summed E-state index contributed by atoms with van der Waals surface area (Å²) < 4.78 is 0. The van der Waals surface area contributed by atoms with Crippen molar-refractivity contribution in [1.82, 2.24) is 4.90 Å². The minimum Gasteiger partial charge on any atom is -0.478 e. The van der Waals surface area contributed by atoms with Gasteiger partial charge >= 0.3 is 5.97 Å². The fraction of sp³-hybridized carbons (Fsp3) is 0.529. The van der Waals surface area contributed by atoms with Crippen molar-refractivity contribution in [2.24, 2.45) is 5.92 Å². The fourth-order valence-electron chi connectivity index (χ4n) is 2.85. The summed E-state index contributed by atoms with van der Waals surface area (Å²) in [7, 11) is 0. The van der Waals surface area contributed by atoms with Gasteiger partial charge in [0.15, 0.2) is 0 Å². The average molecular weight is 289 g/mol. The Bertz CT molecular complexity index is 509. The van der Waals surface area contributed by atoms with E-state index in [2.05, 4.69) is 13.8 Å². The van der Waals surface area contributed by atoms with E-state index in [0.717, 1.165) is 18.5 Å². The molecule has 1 aromatic rings. The van der Waals surface area contributed by atoms with Crippen LogP contribution in [-0.4, -0.2) is 34.5 Å². The second-order valence-electron chi connectivity index (χ2n) is 6.08. The van der Waals surface area contributed by atoms with Crippen molar-refractivity contribution < 1.29 is 14.7 Å². The van der Waals surface area contributed by atoms with Gasteiger partial charge in [-0.25, -0.2) is 4.79 Å². The van der Waals surface area contributed by atoms with Gasteiger partial charge in [0.25, 0.3) is 0 Å². The van der Waals surface area contributed by atoms with Crippen LogP contribution in [0.25, 0.3) is 0 Å². The third kappa shape index (κ3) is 4.06. The molecule has 21 heavy (non-hydrogen) atoms. The number of rotatable bonds is 4. The van der Waals surface area contributed by atoms with Crippen molar-refractivity contribution in [2.45, 2.75) is 45.6 Å². The molecular formula is C17H23NO3. The Morgan fingerprint density at radius 1 is 1.19 bits per heavy atom. The van der Waals surface area contributed by atoms with Crippen LogP contribution in [-0.2, 0) is 11.2 Å². The molecule has 4 heteroatoms. The van der Waals surface area contributed by atoms with Crippen LogP contribution in [0.5, 0.6) is 0 Å². The summed E-state index contributed by atoms with van der Waals surface area (Å²) in [5, 5.41) is 8.86. The topological polar surface area (TPSA) is 57.6 Å². The Hall–Kier alpha value is -1.84. The molecule has 4 nitrogen and oxygen atoms in total. The van der Waals surface area contributed by atoms with Crippen LogP contribution in [0.2, 0.25) is 0 Å². The molecule has 114 valence electrons. The zero-order valence-electron chi connectivity index (χ0n) is 12.7. The molecule has 0 radical (unpaired) electrons. The lowest BCUT2D eigenvalue weighted by Gasteiger charge is -2.37. The number of carbonyl (C=O) groups excluding carboxylic acids is 1. The fourth-order valence-corrected chi connectivity index (χ4v) is 2.85. The van der Waals surface area contributed by atoms with E-state index in [1.165, 1.54) is 6.42 Å². The Balaban J connectivity index is 1.89. The molecule has 0 saturated carbocycles. The number of benzene rings is 1. The first-order valence-electron chi connectivity index (χ1n) is 7.59. The molecule has 1 amide bonds. The number of carbonyl (C=O) groups is 2. The van der Waals surface area contributed by atoms with E-state index in [4.69, 9.17) is 5.11 Å². The third-order valence-electron chi connectivity index (χ3n) is 4.27. The highest BCUT2D eigenvalue weighted by Gasteiger charge is 2.26. The Kier molecular flexibility index (Phi) is 4.99. The summed E-state index contributed by atoms with van der Waals surface area (Å²) in [4.78, 5) is 25.1. The van der Waals surface area contributed by atoms with E-state index in [1.54, 1.807) is 24.3 Å². The number of amides is 1. The monoisotopic (exact) mass is 289 g/mol. The molecule has 1 fully saturated rings. The molecule has 1 aliphatic rings. The van der Waals surface area contributed by atoms with Crippen molar-refractivity contribution in [1.29, 1.82) is 0 Å². The van der Waals surface area contributed by atoms with Crippen molar-refractivity contribution in [2.75, 3.05) is 6.54 Å². The number of nitrogens with zero attached hydrogens (tertiary/aromatic N) is 1. The predicted octanol–water partition coefficient (Wildman–Crippen LogP) is 2.96. The zero-order valence-corrected chi connectivity index (χ0v) is 12.7. The summed E-state index contributed by atoms with van der Waals surface area (Å²) in [6.45, 7) is 5.17. The maximum Gasteiger partial charge on any atom is 0.335 e. The van der Waals surface area contributed by atoms with Crippen LogP contribution in [0.3, 0.4) is 0 Å². The molecule has 0 unspecified atom stereocenters. The molecule has 1 aromatic carbocycles. The summed E-state index contributed by atoms with van der Waals surface area (Å²) in [6, 6.07) is 7.10. The predicted molar refractivity (Wildman–Crippen MR) is 81.3 cm³/mol. The molecule has 0 bridgehead atoms. The summed E-state index contributed by atoms with van der Waals surface area (Å²) in [6.07, 6.45) is 3.43. The van der Waals surface area contributed by atoms with Crippen molar-refractivity contribution in [3.8, 4) is 0 Å². The molecular weight excluding hydrogens is 266 g/mol. The lowest BCUT2D eigenvalue weighted by atomic mass is 9.94. The molecule has 1 aliphatic heterocycles. The van der Waals surface area contributed by atoms with Crippen LogP contribution in [0.1, 0.15) is 49.0 Å². The highest BCUT2D eigenvalue weighted by Crippen LogP contribution is 2.22. The Morgan fingerprint density at radius 3 is 2.48 bits per heavy atom. The highest BCUT2D eigenvalue weighted by atomic mass is 16.4. The number of carboxylic acids is 1. The second kappa shape index (κ2) is 6.74. The van der Waals surface area contributed by atoms with Gasteiger partial charge in [0, 0.05) is 19.0 Å². The number of hydrogen-bond acceptors (Lipinski definition) is 2. The van der Waals surface area contributed by atoms with Crippen molar-refractivity contribution in [3.63, 3.8) is 0 Å². The Labute approximate surface area is 125 Å². The third-order valence-corrected chi connectivity index (χ3v) is 4.27. The van der Waals surface area contributed by atoms with E-state index in [-0.39, 0.29) is 11.5 Å². The van der Waals surface area contributed by atoms with Crippen LogP contribution < -0.4 is 0 Å². The largest absolute Gasteiger partial charge is 0.478 e. The summed E-state index contributed by atoms with van der Waals surface area (Å²) in [5.74, 6) is -0.134. The zero-order chi connectivity index (χ0) is 15.4. The smallest absolute Gasteiger partial charge is 0.335 e. The lowest BCUT2D eigenvalue weighted by Crippen LogP contribution is -2.45. The van der Waals surface area contributed by atoms with Crippen molar-refractivity contribution in [3.05, 3.63) is 35.4 Å². The molecule has 2 rings (SSSR count). The summed E-state index contributed by atoms with van der Waals surface area (Å²) in [5.41, 5.74) is 1.29. The van der Waals surface area contributed by atoms with Gasteiger partial charge in [0.05, 0.1) is 5.56 Å². The second-order valence-corrected chi connectivity index (χ2v) is 6.08. The molecule has 1 saturated heterocycles. The molecule has 1 N–H and O–H groups in total. The van der Waals surface area contributed by atoms with Crippen LogP contribution in [0.15, 0.2) is 24.3 Å². The molecule has 1 heterocycles. The summed E-state index contributed by atoms with van der Waals surface area (Å²) >= 11 is 0. The van der Waals surface area contributed by atoms with Gasteiger partial charge in [0.2, 0.25) is 5.91 Å². The minimum atomic E-state index is -0.922. The van der Waals surface area contributed by atoms with Crippen LogP contribution in [0.4, 0.5) is 0 Å².